The Morgan fingerprint density at radius 1 is 1.03 bits per heavy atom. The van der Waals surface area contributed by atoms with Crippen molar-refractivity contribution in [3.8, 4) is 0 Å². The minimum absolute atomic E-state index is 0.131. The number of fused-ring (bicyclic) bond motifs is 1. The summed E-state index contributed by atoms with van der Waals surface area (Å²) in [5, 5.41) is 18.2. The second kappa shape index (κ2) is 10.4. The first kappa shape index (κ1) is 24.4. The van der Waals surface area contributed by atoms with Gasteiger partial charge in [0.15, 0.2) is 0 Å². The van der Waals surface area contributed by atoms with Gasteiger partial charge in [-0.1, -0.05) is 19.1 Å². The van der Waals surface area contributed by atoms with E-state index in [0.29, 0.717) is 31.0 Å². The highest BCUT2D eigenvalue weighted by atomic mass is 16.4. The van der Waals surface area contributed by atoms with Gasteiger partial charge in [0.1, 0.15) is 23.2 Å². The summed E-state index contributed by atoms with van der Waals surface area (Å²) in [4.78, 5) is 47.6. The largest absolute Gasteiger partial charge is 0.480 e. The molecule has 0 radical (unpaired) electrons. The Labute approximate surface area is 213 Å². The summed E-state index contributed by atoms with van der Waals surface area (Å²) < 4.78 is 0. The lowest BCUT2D eigenvalue weighted by molar-refractivity contribution is -0.138. The average Bonchev–Trinajstić information content (AvgIpc) is 2.93. The van der Waals surface area contributed by atoms with Gasteiger partial charge in [0.25, 0.3) is 10.9 Å². The van der Waals surface area contributed by atoms with Gasteiger partial charge in [0.05, 0.1) is 0 Å². The van der Waals surface area contributed by atoms with E-state index >= 15 is 0 Å². The molecule has 3 heterocycles. The molecular weight excluding hydrogens is 470 g/mol. The summed E-state index contributed by atoms with van der Waals surface area (Å²) in [6.07, 6.45) is 8.73. The van der Waals surface area contributed by atoms with Crippen LogP contribution in [0.1, 0.15) is 44.1 Å². The third-order valence-electron chi connectivity index (χ3n) is 7.13. The van der Waals surface area contributed by atoms with Crippen molar-refractivity contribution >= 4 is 39.6 Å². The fourth-order valence-corrected chi connectivity index (χ4v) is 5.15. The number of aliphatic carboxylic acids is 1. The molecule has 3 N–H and O–H groups in total. The molecule has 1 aliphatic rings. The summed E-state index contributed by atoms with van der Waals surface area (Å²) in [7, 11) is 0. The van der Waals surface area contributed by atoms with Crippen LogP contribution < -0.4 is 26.4 Å². The molecule has 1 saturated heterocycles. The maximum Gasteiger partial charge on any atom is 0.326 e. The molecule has 1 fully saturated rings. The molecule has 2 unspecified atom stereocenters. The summed E-state index contributed by atoms with van der Waals surface area (Å²) >= 11 is 0. The Morgan fingerprint density at radius 2 is 1.76 bits per heavy atom. The van der Waals surface area contributed by atoms with Crippen molar-refractivity contribution < 1.29 is 9.90 Å². The van der Waals surface area contributed by atoms with Gasteiger partial charge < -0.3 is 20.6 Å². The lowest BCUT2D eigenvalue weighted by atomic mass is 9.88. The molecule has 1 aliphatic heterocycles. The Balaban J connectivity index is 1.37. The van der Waals surface area contributed by atoms with Gasteiger partial charge in [-0.05, 0) is 60.9 Å². The first-order valence-electron chi connectivity index (χ1n) is 12.6. The highest BCUT2D eigenvalue weighted by Crippen LogP contribution is 2.31. The summed E-state index contributed by atoms with van der Waals surface area (Å²) in [5.41, 5.74) is 0.914. The van der Waals surface area contributed by atoms with Crippen molar-refractivity contribution in [1.29, 1.82) is 0 Å². The molecule has 9 heteroatoms. The summed E-state index contributed by atoms with van der Waals surface area (Å²) in [6, 6.07) is 10.3. The van der Waals surface area contributed by atoms with Crippen LogP contribution in [0.15, 0.2) is 64.6 Å². The number of benzene rings is 1. The zero-order valence-electron chi connectivity index (χ0n) is 20.6. The SMILES string of the molecule is CCC(c1ccc(Nc2nccc3ccncc23)cc1)C(Nc1c(N2CCCCC2)c(=O)c1=O)C(=O)O. The van der Waals surface area contributed by atoms with E-state index in [4.69, 9.17) is 0 Å². The van der Waals surface area contributed by atoms with E-state index in [2.05, 4.69) is 20.6 Å². The molecule has 0 aliphatic carbocycles. The fourth-order valence-electron chi connectivity index (χ4n) is 5.15. The van der Waals surface area contributed by atoms with E-state index in [0.717, 1.165) is 41.3 Å². The van der Waals surface area contributed by atoms with Crippen LogP contribution in [0.5, 0.6) is 0 Å². The molecule has 4 aromatic rings. The van der Waals surface area contributed by atoms with E-state index in [1.807, 2.05) is 48.2 Å². The molecule has 5 rings (SSSR count). The number of carboxylic acid groups (broad SMARTS) is 1. The molecule has 37 heavy (non-hydrogen) atoms. The Morgan fingerprint density at radius 3 is 2.46 bits per heavy atom. The first-order chi connectivity index (χ1) is 18.0. The van der Waals surface area contributed by atoms with Gasteiger partial charge >= 0.3 is 5.97 Å². The van der Waals surface area contributed by atoms with Gasteiger partial charge in [-0.15, -0.1) is 0 Å². The zero-order valence-corrected chi connectivity index (χ0v) is 20.6. The van der Waals surface area contributed by atoms with Gasteiger partial charge in [-0.25, -0.2) is 9.78 Å². The number of anilines is 4. The van der Waals surface area contributed by atoms with Crippen molar-refractivity contribution in [3.63, 3.8) is 0 Å². The topological polar surface area (TPSA) is 125 Å². The Hall–Kier alpha value is -4.27. The lowest BCUT2D eigenvalue weighted by Gasteiger charge is -2.33. The number of aromatic nitrogens is 2. The number of piperidine rings is 1. The van der Waals surface area contributed by atoms with Gasteiger partial charge in [0, 0.05) is 48.7 Å². The smallest absolute Gasteiger partial charge is 0.326 e. The highest BCUT2D eigenvalue weighted by molar-refractivity contribution is 5.92. The molecular formula is C28H29N5O4. The summed E-state index contributed by atoms with van der Waals surface area (Å²) in [5.74, 6) is -0.801. The maximum atomic E-state index is 12.4. The van der Waals surface area contributed by atoms with Crippen molar-refractivity contribution in [2.45, 2.75) is 44.6 Å². The van der Waals surface area contributed by atoms with Crippen LogP contribution in [0.25, 0.3) is 10.8 Å². The third kappa shape index (κ3) is 4.76. The van der Waals surface area contributed by atoms with Crippen molar-refractivity contribution in [2.75, 3.05) is 28.6 Å². The number of nitrogens with zero attached hydrogens (tertiary/aromatic N) is 3. The Kier molecular flexibility index (Phi) is 6.85. The second-order valence-electron chi connectivity index (χ2n) is 9.41. The summed E-state index contributed by atoms with van der Waals surface area (Å²) in [6.45, 7) is 3.31. The standard InChI is InChI=1S/C28H29N5O4/c1-2-20(22(28(36)37)32-23-24(26(35)25(23)34)33-14-4-3-5-15-33)17-6-8-19(9-7-17)31-27-21-16-29-12-10-18(21)11-13-30-27/h6-13,16,20,22,32H,2-5,14-15H2,1H3,(H,30,31)(H,36,37). The second-order valence-corrected chi connectivity index (χ2v) is 9.41. The molecule has 190 valence electrons. The number of carboxylic acids is 1. The number of hydrogen-bond acceptors (Lipinski definition) is 8. The predicted octanol–water partition coefficient (Wildman–Crippen LogP) is 4.02. The molecule has 2 aromatic heterocycles. The minimum atomic E-state index is -1.07. The van der Waals surface area contributed by atoms with Crippen LogP contribution in [0.2, 0.25) is 0 Å². The van der Waals surface area contributed by atoms with Gasteiger partial charge in [0.2, 0.25) is 0 Å². The van der Waals surface area contributed by atoms with Crippen molar-refractivity contribution in [1.82, 2.24) is 9.97 Å². The van der Waals surface area contributed by atoms with Crippen molar-refractivity contribution in [2.24, 2.45) is 0 Å². The number of hydrogen-bond donors (Lipinski definition) is 3. The van der Waals surface area contributed by atoms with Crippen LogP contribution in [0.3, 0.4) is 0 Å². The Bertz CT molecular complexity index is 1480. The normalized spacial score (nSPS) is 15.4. The molecule has 0 saturated carbocycles. The third-order valence-corrected chi connectivity index (χ3v) is 7.13. The maximum absolute atomic E-state index is 12.4. The fraction of sp³-hybridized carbons (Fsp3) is 0.321. The molecule has 9 nitrogen and oxygen atoms in total. The van der Waals surface area contributed by atoms with E-state index in [-0.39, 0.29) is 5.69 Å². The van der Waals surface area contributed by atoms with E-state index in [1.54, 1.807) is 18.6 Å². The number of rotatable bonds is 9. The van der Waals surface area contributed by atoms with E-state index in [1.165, 1.54) is 0 Å². The number of carbonyl (C=O) groups is 1. The quantitative estimate of drug-likeness (QED) is 0.293. The van der Waals surface area contributed by atoms with Gasteiger partial charge in [-0.2, -0.15) is 0 Å². The monoisotopic (exact) mass is 499 g/mol. The minimum Gasteiger partial charge on any atom is -0.480 e. The van der Waals surface area contributed by atoms with Crippen molar-refractivity contribution in [3.05, 3.63) is 81.0 Å². The highest BCUT2D eigenvalue weighted by Gasteiger charge is 2.34. The molecule has 0 amide bonds. The molecule has 0 bridgehead atoms. The van der Waals surface area contributed by atoms with Crippen LogP contribution in [0, 0.1) is 0 Å². The van der Waals surface area contributed by atoms with Gasteiger partial charge in [-0.3, -0.25) is 14.6 Å². The van der Waals surface area contributed by atoms with Crippen LogP contribution >= 0.6 is 0 Å². The molecule has 2 aromatic carbocycles. The average molecular weight is 500 g/mol. The van der Waals surface area contributed by atoms with Crippen LogP contribution in [-0.4, -0.2) is 40.2 Å². The zero-order chi connectivity index (χ0) is 25.9. The predicted molar refractivity (Wildman–Crippen MR) is 145 cm³/mol. The first-order valence-corrected chi connectivity index (χ1v) is 12.6. The lowest BCUT2D eigenvalue weighted by Crippen LogP contribution is -2.47. The number of nitrogens with one attached hydrogen (secondary N) is 2. The molecule has 2 atom stereocenters. The van der Waals surface area contributed by atoms with E-state index in [9.17, 15) is 19.5 Å². The van der Waals surface area contributed by atoms with Crippen LogP contribution in [-0.2, 0) is 4.79 Å². The van der Waals surface area contributed by atoms with Crippen LogP contribution in [0.4, 0.5) is 22.9 Å². The van der Waals surface area contributed by atoms with E-state index < -0.39 is 28.8 Å². The number of pyridine rings is 2. The molecule has 0 spiro atoms.